The number of ether oxygens (including phenoxy) is 1. The normalized spacial score (nSPS) is 19.0. The Kier molecular flexibility index (Phi) is 5.38. The Balaban J connectivity index is 2.09. The predicted molar refractivity (Wildman–Crippen MR) is 112 cm³/mol. The fraction of sp³-hybridized carbons (Fsp3) is 0.591. The second-order valence-corrected chi connectivity index (χ2v) is 10.2. The summed E-state index contributed by atoms with van der Waals surface area (Å²) in [5, 5.41) is 4.96. The van der Waals surface area contributed by atoms with E-state index in [1.54, 1.807) is 0 Å². The molecule has 3 nitrogen and oxygen atoms in total. The van der Waals surface area contributed by atoms with Gasteiger partial charge in [0.15, 0.2) is 6.23 Å². The molecule has 1 saturated heterocycles. The Morgan fingerprint density at radius 3 is 2.31 bits per heavy atom. The van der Waals surface area contributed by atoms with Crippen LogP contribution < -0.4 is 0 Å². The van der Waals surface area contributed by atoms with Crippen molar-refractivity contribution in [3.63, 3.8) is 0 Å². The van der Waals surface area contributed by atoms with Gasteiger partial charge in [-0.05, 0) is 42.4 Å². The zero-order valence-electron chi connectivity index (χ0n) is 16.9. The third kappa shape index (κ3) is 4.07. The van der Waals surface area contributed by atoms with Crippen LogP contribution in [0.2, 0.25) is 0 Å². The molecule has 1 aliphatic heterocycles. The molecule has 0 bridgehead atoms. The maximum Gasteiger partial charge on any atom is 0.150 e. The SMILES string of the molecule is CC(C)(C)c1ccc(-c2cc(C(C)(C)C)nn2C2CCCCO2)c(Br)c1. The van der Waals surface area contributed by atoms with E-state index in [0.717, 1.165) is 35.3 Å². The van der Waals surface area contributed by atoms with Crippen LogP contribution in [0.5, 0.6) is 0 Å². The molecule has 1 aromatic carbocycles. The van der Waals surface area contributed by atoms with Gasteiger partial charge in [-0.15, -0.1) is 0 Å². The van der Waals surface area contributed by atoms with Gasteiger partial charge in [0.25, 0.3) is 0 Å². The van der Waals surface area contributed by atoms with Crippen molar-refractivity contribution in [2.45, 2.75) is 77.9 Å². The summed E-state index contributed by atoms with van der Waals surface area (Å²) >= 11 is 3.81. The van der Waals surface area contributed by atoms with Crippen molar-refractivity contribution < 1.29 is 4.74 Å². The molecule has 2 heterocycles. The standard InChI is InChI=1S/C22H31BrN2O/c1-21(2,3)15-10-11-16(17(23)13-15)18-14-19(22(4,5)6)24-25(18)20-9-7-8-12-26-20/h10-11,13-14,20H,7-9,12H2,1-6H3. The minimum atomic E-state index is 0.00644. The van der Waals surface area contributed by atoms with Gasteiger partial charge in [-0.1, -0.05) is 69.6 Å². The topological polar surface area (TPSA) is 27.1 Å². The van der Waals surface area contributed by atoms with E-state index >= 15 is 0 Å². The van der Waals surface area contributed by atoms with Crippen molar-refractivity contribution in [2.24, 2.45) is 0 Å². The number of aromatic nitrogens is 2. The van der Waals surface area contributed by atoms with E-state index in [4.69, 9.17) is 9.84 Å². The summed E-state index contributed by atoms with van der Waals surface area (Å²) in [6.07, 6.45) is 3.39. The van der Waals surface area contributed by atoms with E-state index < -0.39 is 0 Å². The molecule has 1 fully saturated rings. The molecule has 2 aromatic rings. The van der Waals surface area contributed by atoms with Crippen LogP contribution in [0.15, 0.2) is 28.7 Å². The minimum Gasteiger partial charge on any atom is -0.356 e. The van der Waals surface area contributed by atoms with Crippen molar-refractivity contribution in [1.29, 1.82) is 0 Å². The first-order chi connectivity index (χ1) is 12.1. The average Bonchev–Trinajstić information content (AvgIpc) is 3.00. The van der Waals surface area contributed by atoms with Crippen LogP contribution in [0.4, 0.5) is 0 Å². The van der Waals surface area contributed by atoms with Gasteiger partial charge in [-0.3, -0.25) is 0 Å². The van der Waals surface area contributed by atoms with Gasteiger partial charge in [0.2, 0.25) is 0 Å². The van der Waals surface area contributed by atoms with Crippen LogP contribution in [-0.2, 0) is 15.6 Å². The van der Waals surface area contributed by atoms with Crippen LogP contribution in [-0.4, -0.2) is 16.4 Å². The fourth-order valence-electron chi connectivity index (χ4n) is 3.29. The zero-order valence-corrected chi connectivity index (χ0v) is 18.5. The van der Waals surface area contributed by atoms with Gasteiger partial charge in [-0.2, -0.15) is 5.10 Å². The highest BCUT2D eigenvalue weighted by Crippen LogP contribution is 2.37. The molecular formula is C22H31BrN2O. The lowest BCUT2D eigenvalue weighted by atomic mass is 9.86. The molecular weight excluding hydrogens is 388 g/mol. The van der Waals surface area contributed by atoms with E-state index in [0.29, 0.717) is 0 Å². The minimum absolute atomic E-state index is 0.00644. The van der Waals surface area contributed by atoms with Crippen molar-refractivity contribution in [3.8, 4) is 11.3 Å². The Morgan fingerprint density at radius 2 is 1.77 bits per heavy atom. The summed E-state index contributed by atoms with van der Waals surface area (Å²) in [5.41, 5.74) is 4.87. The molecule has 0 amide bonds. The van der Waals surface area contributed by atoms with Gasteiger partial charge < -0.3 is 4.74 Å². The lowest BCUT2D eigenvalue weighted by Crippen LogP contribution is -2.21. The highest BCUT2D eigenvalue weighted by molar-refractivity contribution is 9.10. The summed E-state index contributed by atoms with van der Waals surface area (Å²) in [6, 6.07) is 8.92. The molecule has 3 rings (SSSR count). The lowest BCUT2D eigenvalue weighted by molar-refractivity contribution is -0.0387. The number of hydrogen-bond acceptors (Lipinski definition) is 2. The summed E-state index contributed by atoms with van der Waals surface area (Å²) in [4.78, 5) is 0. The first kappa shape index (κ1) is 19.6. The first-order valence-corrected chi connectivity index (χ1v) is 10.4. The van der Waals surface area contributed by atoms with E-state index in [9.17, 15) is 0 Å². The predicted octanol–water partition coefficient (Wildman–Crippen LogP) is 6.61. The van der Waals surface area contributed by atoms with E-state index in [-0.39, 0.29) is 17.1 Å². The van der Waals surface area contributed by atoms with Gasteiger partial charge in [0, 0.05) is 22.1 Å². The highest BCUT2D eigenvalue weighted by atomic mass is 79.9. The summed E-state index contributed by atoms with van der Waals surface area (Å²) in [6.45, 7) is 14.2. The second kappa shape index (κ2) is 7.12. The van der Waals surface area contributed by atoms with Crippen LogP contribution in [0.25, 0.3) is 11.3 Å². The quantitative estimate of drug-likeness (QED) is 0.548. The fourth-order valence-corrected chi connectivity index (χ4v) is 3.87. The van der Waals surface area contributed by atoms with Gasteiger partial charge in [-0.25, -0.2) is 4.68 Å². The average molecular weight is 419 g/mol. The van der Waals surface area contributed by atoms with Crippen molar-refractivity contribution >= 4 is 15.9 Å². The second-order valence-electron chi connectivity index (χ2n) is 9.38. The van der Waals surface area contributed by atoms with Crippen LogP contribution in [0.1, 0.15) is 78.3 Å². The highest BCUT2D eigenvalue weighted by Gasteiger charge is 2.26. The van der Waals surface area contributed by atoms with E-state index in [2.05, 4.69) is 86.4 Å². The smallest absolute Gasteiger partial charge is 0.150 e. The lowest BCUT2D eigenvalue weighted by Gasteiger charge is -2.25. The summed E-state index contributed by atoms with van der Waals surface area (Å²) < 4.78 is 9.28. The molecule has 1 aromatic heterocycles. The number of rotatable bonds is 2. The van der Waals surface area contributed by atoms with Crippen molar-refractivity contribution in [1.82, 2.24) is 9.78 Å². The number of halogens is 1. The molecule has 0 radical (unpaired) electrons. The number of nitrogens with zero attached hydrogens (tertiary/aromatic N) is 2. The van der Waals surface area contributed by atoms with Gasteiger partial charge >= 0.3 is 0 Å². The van der Waals surface area contributed by atoms with Crippen molar-refractivity contribution in [2.75, 3.05) is 6.61 Å². The molecule has 142 valence electrons. The third-order valence-electron chi connectivity index (χ3n) is 5.04. The molecule has 1 unspecified atom stereocenters. The molecule has 1 aliphatic rings. The Hall–Kier alpha value is -1.13. The van der Waals surface area contributed by atoms with Crippen LogP contribution >= 0.6 is 15.9 Å². The summed E-state index contributed by atoms with van der Waals surface area (Å²) in [5.74, 6) is 0. The molecule has 0 spiro atoms. The number of benzene rings is 1. The Morgan fingerprint density at radius 1 is 1.04 bits per heavy atom. The zero-order chi connectivity index (χ0) is 19.1. The Bertz CT molecular complexity index is 774. The largest absolute Gasteiger partial charge is 0.356 e. The molecule has 1 atom stereocenters. The van der Waals surface area contributed by atoms with E-state index in [1.807, 2.05) is 0 Å². The van der Waals surface area contributed by atoms with E-state index in [1.165, 1.54) is 17.5 Å². The maximum absolute atomic E-state index is 6.06. The molecule has 26 heavy (non-hydrogen) atoms. The monoisotopic (exact) mass is 418 g/mol. The van der Waals surface area contributed by atoms with Crippen LogP contribution in [0, 0.1) is 0 Å². The first-order valence-electron chi connectivity index (χ1n) is 9.59. The molecule has 0 N–H and O–H groups in total. The number of hydrogen-bond donors (Lipinski definition) is 0. The van der Waals surface area contributed by atoms with Gasteiger partial charge in [0.05, 0.1) is 11.4 Å². The maximum atomic E-state index is 6.06. The van der Waals surface area contributed by atoms with Crippen molar-refractivity contribution in [3.05, 3.63) is 40.0 Å². The third-order valence-corrected chi connectivity index (χ3v) is 5.70. The molecule has 0 saturated carbocycles. The molecule has 4 heteroatoms. The summed E-state index contributed by atoms with van der Waals surface area (Å²) in [7, 11) is 0. The van der Waals surface area contributed by atoms with Crippen LogP contribution in [0.3, 0.4) is 0 Å². The molecule has 0 aliphatic carbocycles. The van der Waals surface area contributed by atoms with Gasteiger partial charge in [0.1, 0.15) is 0 Å². The Labute approximate surface area is 166 Å².